The zero-order chi connectivity index (χ0) is 33.8. The Hall–Kier alpha value is -5.00. The van der Waals surface area contributed by atoms with Crippen LogP contribution in [0.1, 0.15) is 56.6 Å². The monoisotopic (exact) mass is 644 g/mol. The summed E-state index contributed by atoms with van der Waals surface area (Å²) in [7, 11) is 0. The number of hydrogen-bond donors (Lipinski definition) is 2. The zero-order valence-corrected chi connectivity index (χ0v) is 27.5. The Balaban J connectivity index is 1.53. The molecule has 0 spiro atoms. The van der Waals surface area contributed by atoms with Crippen LogP contribution in [0.15, 0.2) is 66.7 Å². The highest BCUT2D eigenvalue weighted by Gasteiger charge is 2.32. The molecule has 1 fully saturated rings. The average molecular weight is 645 g/mol. The van der Waals surface area contributed by atoms with Gasteiger partial charge >= 0.3 is 12.1 Å². The number of hydrogen-bond acceptors (Lipinski definition) is 9. The average Bonchev–Trinajstić information content (AvgIpc) is 3.06. The van der Waals surface area contributed by atoms with Gasteiger partial charge in [0.05, 0.1) is 6.61 Å². The van der Waals surface area contributed by atoms with Crippen LogP contribution < -0.4 is 10.6 Å². The summed E-state index contributed by atoms with van der Waals surface area (Å²) >= 11 is 0. The van der Waals surface area contributed by atoms with Gasteiger partial charge in [-0.1, -0.05) is 60.7 Å². The van der Waals surface area contributed by atoms with Crippen molar-refractivity contribution >= 4 is 29.7 Å². The first-order valence-corrected chi connectivity index (χ1v) is 16.0. The van der Waals surface area contributed by atoms with E-state index < -0.39 is 29.6 Å². The number of aromatic nitrogens is 2. The molecule has 3 amide bonds. The third-order valence-corrected chi connectivity index (χ3v) is 7.33. The fourth-order valence-corrected chi connectivity index (χ4v) is 5.04. The van der Waals surface area contributed by atoms with E-state index in [4.69, 9.17) is 9.47 Å². The number of esters is 1. The SMILES string of the molecule is CCOC(=O)N1CCN(C(=O)[C@H](CCC(=O)OC(C)(C)C)NC(=O)c2cc(NCCc3ccccc3)nc(-c3ccccc3)n2)CC1. The van der Waals surface area contributed by atoms with Gasteiger partial charge in [-0.05, 0) is 46.1 Å². The number of rotatable bonds is 12. The van der Waals surface area contributed by atoms with Crippen molar-refractivity contribution in [3.63, 3.8) is 0 Å². The van der Waals surface area contributed by atoms with Gasteiger partial charge in [-0.3, -0.25) is 14.4 Å². The maximum atomic E-state index is 13.8. The number of nitrogens with one attached hydrogen (secondary N) is 2. The fraction of sp³-hybridized carbons (Fsp3) is 0.429. The second kappa shape index (κ2) is 16.5. The molecule has 0 saturated carbocycles. The highest BCUT2D eigenvalue weighted by atomic mass is 16.6. The van der Waals surface area contributed by atoms with Crippen LogP contribution in [0.25, 0.3) is 11.4 Å². The number of carbonyl (C=O) groups excluding carboxylic acids is 4. The molecule has 1 aliphatic rings. The summed E-state index contributed by atoms with van der Waals surface area (Å²) in [6.45, 7) is 8.98. The molecule has 1 aliphatic heterocycles. The van der Waals surface area contributed by atoms with Crippen molar-refractivity contribution in [2.75, 3.05) is 44.6 Å². The summed E-state index contributed by atoms with van der Waals surface area (Å²) in [4.78, 5) is 64.6. The lowest BCUT2D eigenvalue weighted by Gasteiger charge is -2.36. The molecule has 0 bridgehead atoms. The molecule has 0 aliphatic carbocycles. The quantitative estimate of drug-likeness (QED) is 0.276. The van der Waals surface area contributed by atoms with Crippen molar-refractivity contribution in [1.29, 1.82) is 0 Å². The first-order valence-electron chi connectivity index (χ1n) is 16.0. The van der Waals surface area contributed by atoms with Gasteiger partial charge in [0.1, 0.15) is 23.2 Å². The number of amides is 3. The maximum absolute atomic E-state index is 13.8. The minimum absolute atomic E-state index is 0.0242. The van der Waals surface area contributed by atoms with Gasteiger partial charge in [-0.2, -0.15) is 0 Å². The van der Waals surface area contributed by atoms with Crippen molar-refractivity contribution < 1.29 is 28.7 Å². The third-order valence-electron chi connectivity index (χ3n) is 7.33. The zero-order valence-electron chi connectivity index (χ0n) is 27.5. The van der Waals surface area contributed by atoms with Crippen LogP contribution in [0.2, 0.25) is 0 Å². The number of piperazine rings is 1. The van der Waals surface area contributed by atoms with E-state index in [0.717, 1.165) is 17.5 Å². The second-order valence-electron chi connectivity index (χ2n) is 12.2. The molecular formula is C35H44N6O6. The molecule has 0 radical (unpaired) electrons. The van der Waals surface area contributed by atoms with Crippen molar-refractivity contribution in [3.05, 3.63) is 78.0 Å². The van der Waals surface area contributed by atoms with Crippen molar-refractivity contribution in [2.24, 2.45) is 0 Å². The lowest BCUT2D eigenvalue weighted by molar-refractivity contribution is -0.155. The van der Waals surface area contributed by atoms with Crippen LogP contribution in [0.5, 0.6) is 0 Å². The van der Waals surface area contributed by atoms with Gasteiger partial charge in [0.15, 0.2) is 5.82 Å². The van der Waals surface area contributed by atoms with Crippen LogP contribution in [0, 0.1) is 0 Å². The summed E-state index contributed by atoms with van der Waals surface area (Å²) in [6, 6.07) is 19.9. The van der Waals surface area contributed by atoms with Gasteiger partial charge in [-0.15, -0.1) is 0 Å². The van der Waals surface area contributed by atoms with Crippen molar-refractivity contribution in [3.8, 4) is 11.4 Å². The second-order valence-corrected chi connectivity index (χ2v) is 12.2. The van der Waals surface area contributed by atoms with E-state index in [9.17, 15) is 19.2 Å². The summed E-state index contributed by atoms with van der Waals surface area (Å²) in [6.07, 6.45) is 0.261. The number of benzene rings is 2. The summed E-state index contributed by atoms with van der Waals surface area (Å²) in [5.74, 6) is -0.596. The highest BCUT2D eigenvalue weighted by molar-refractivity contribution is 5.97. The molecule has 0 unspecified atom stereocenters. The van der Waals surface area contributed by atoms with Crippen LogP contribution in [-0.4, -0.2) is 94.6 Å². The first-order chi connectivity index (χ1) is 22.5. The molecule has 47 heavy (non-hydrogen) atoms. The molecule has 1 atom stereocenters. The molecule has 3 aromatic rings. The molecule has 12 heteroatoms. The van der Waals surface area contributed by atoms with Gasteiger partial charge < -0.3 is 29.9 Å². The first kappa shape index (κ1) is 34.9. The van der Waals surface area contributed by atoms with Gasteiger partial charge in [0, 0.05) is 50.8 Å². The van der Waals surface area contributed by atoms with Crippen molar-refractivity contribution in [1.82, 2.24) is 25.1 Å². The van der Waals surface area contributed by atoms with E-state index in [-0.39, 0.29) is 44.1 Å². The predicted octanol–water partition coefficient (Wildman–Crippen LogP) is 4.32. The smallest absolute Gasteiger partial charge is 0.409 e. The van der Waals surface area contributed by atoms with Crippen LogP contribution in [-0.2, 0) is 25.5 Å². The minimum atomic E-state index is -1.03. The van der Waals surface area contributed by atoms with Crippen molar-refractivity contribution in [2.45, 2.75) is 58.6 Å². The van der Waals surface area contributed by atoms with Gasteiger partial charge in [-0.25, -0.2) is 14.8 Å². The van der Waals surface area contributed by atoms with Gasteiger partial charge in [0.25, 0.3) is 5.91 Å². The Morgan fingerprint density at radius 2 is 1.53 bits per heavy atom. The summed E-state index contributed by atoms with van der Waals surface area (Å²) < 4.78 is 10.5. The molecule has 12 nitrogen and oxygen atoms in total. The van der Waals surface area contributed by atoms with Crippen LogP contribution >= 0.6 is 0 Å². The van der Waals surface area contributed by atoms with E-state index >= 15 is 0 Å². The Kier molecular flexibility index (Phi) is 12.3. The molecule has 2 heterocycles. The standard InChI is InChI=1S/C35H44N6O6/c1-5-46-34(45)41-22-20-40(21-23-41)33(44)27(16-17-30(42)47-35(2,3)4)38-32(43)28-24-29(36-19-18-25-12-8-6-9-13-25)39-31(37-28)26-14-10-7-11-15-26/h6-15,24,27H,5,16-23H2,1-4H3,(H,38,43)(H,36,37,39)/t27-/m0/s1. The largest absolute Gasteiger partial charge is 0.460 e. The Bertz CT molecular complexity index is 1500. The van der Waals surface area contributed by atoms with Crippen LogP contribution in [0.3, 0.4) is 0 Å². The summed E-state index contributed by atoms with van der Waals surface area (Å²) in [5.41, 5.74) is 1.26. The lowest BCUT2D eigenvalue weighted by Crippen LogP contribution is -2.56. The van der Waals surface area contributed by atoms with E-state index in [1.54, 1.807) is 43.6 Å². The normalized spacial score (nSPS) is 13.8. The molecule has 250 valence electrons. The number of anilines is 1. The van der Waals surface area contributed by atoms with E-state index in [1.165, 1.54) is 0 Å². The number of nitrogens with zero attached hydrogens (tertiary/aromatic N) is 4. The Morgan fingerprint density at radius 3 is 2.17 bits per heavy atom. The molecule has 1 aromatic heterocycles. The third kappa shape index (κ3) is 10.8. The van der Waals surface area contributed by atoms with E-state index in [1.807, 2.05) is 60.7 Å². The molecule has 4 rings (SSSR count). The fourth-order valence-electron chi connectivity index (χ4n) is 5.04. The summed E-state index contributed by atoms with van der Waals surface area (Å²) in [5, 5.41) is 6.13. The lowest BCUT2D eigenvalue weighted by atomic mass is 10.1. The van der Waals surface area contributed by atoms with Gasteiger partial charge in [0.2, 0.25) is 5.91 Å². The Labute approximate surface area is 275 Å². The molecule has 2 N–H and O–H groups in total. The van der Waals surface area contributed by atoms with Crippen LogP contribution in [0.4, 0.5) is 10.6 Å². The molecule has 1 saturated heterocycles. The van der Waals surface area contributed by atoms with E-state index in [0.29, 0.717) is 31.3 Å². The Morgan fingerprint density at radius 1 is 0.894 bits per heavy atom. The number of carbonyl (C=O) groups is 4. The maximum Gasteiger partial charge on any atom is 0.409 e. The molecule has 2 aromatic carbocycles. The van der Waals surface area contributed by atoms with E-state index in [2.05, 4.69) is 20.6 Å². The number of ether oxygens (including phenoxy) is 2. The highest BCUT2D eigenvalue weighted by Crippen LogP contribution is 2.19. The minimum Gasteiger partial charge on any atom is -0.460 e. The molecular weight excluding hydrogens is 600 g/mol. The predicted molar refractivity (Wildman–Crippen MR) is 178 cm³/mol. The topological polar surface area (TPSA) is 143 Å².